The van der Waals surface area contributed by atoms with Crippen LogP contribution in [-0.4, -0.2) is 6.61 Å². The Kier molecular flexibility index (Phi) is 5.00. The van der Waals surface area contributed by atoms with Gasteiger partial charge in [0, 0.05) is 15.6 Å². The zero-order chi connectivity index (χ0) is 14.7. The van der Waals surface area contributed by atoms with E-state index in [0.29, 0.717) is 17.9 Å². The van der Waals surface area contributed by atoms with E-state index >= 15 is 0 Å². The van der Waals surface area contributed by atoms with Crippen molar-refractivity contribution in [3.05, 3.63) is 63.6 Å². The molecule has 0 fully saturated rings. The number of rotatable bonds is 4. The zero-order valence-corrected chi connectivity index (χ0v) is 13.0. The van der Waals surface area contributed by atoms with Gasteiger partial charge in [-0.1, -0.05) is 28.1 Å². The van der Waals surface area contributed by atoms with Gasteiger partial charge in [-0.25, -0.2) is 8.78 Å². The fourth-order valence-electron chi connectivity index (χ4n) is 1.89. The van der Waals surface area contributed by atoms with Gasteiger partial charge >= 0.3 is 0 Å². The standard InChI is InChI=1S/C15H12BrClF2O/c1-2-20-13-7-6-9(16)8-11(13)14(17)10-4-3-5-12(18)15(10)19/h3-8,14H,2H2,1H3. The summed E-state index contributed by atoms with van der Waals surface area (Å²) in [5, 5.41) is -0.829. The van der Waals surface area contributed by atoms with E-state index in [4.69, 9.17) is 16.3 Å². The molecule has 2 rings (SSSR count). The van der Waals surface area contributed by atoms with Gasteiger partial charge in [-0.3, -0.25) is 0 Å². The van der Waals surface area contributed by atoms with E-state index in [-0.39, 0.29) is 5.56 Å². The van der Waals surface area contributed by atoms with Crippen LogP contribution in [0.15, 0.2) is 40.9 Å². The monoisotopic (exact) mass is 360 g/mol. The summed E-state index contributed by atoms with van der Waals surface area (Å²) in [4.78, 5) is 0. The number of ether oxygens (including phenoxy) is 1. The predicted octanol–water partition coefficient (Wildman–Crippen LogP) is 5.45. The summed E-state index contributed by atoms with van der Waals surface area (Å²) in [6, 6.07) is 9.25. The third kappa shape index (κ3) is 3.13. The van der Waals surface area contributed by atoms with Crippen molar-refractivity contribution < 1.29 is 13.5 Å². The van der Waals surface area contributed by atoms with Gasteiger partial charge in [-0.15, -0.1) is 11.6 Å². The van der Waals surface area contributed by atoms with Crippen molar-refractivity contribution >= 4 is 27.5 Å². The Bertz CT molecular complexity index is 619. The molecule has 1 nitrogen and oxygen atoms in total. The molecule has 0 heterocycles. The van der Waals surface area contributed by atoms with Crippen LogP contribution in [0.5, 0.6) is 5.75 Å². The maximum absolute atomic E-state index is 13.8. The van der Waals surface area contributed by atoms with Gasteiger partial charge in [-0.05, 0) is 31.2 Å². The average molecular weight is 362 g/mol. The number of halogens is 4. The van der Waals surface area contributed by atoms with Gasteiger partial charge in [-0.2, -0.15) is 0 Å². The Morgan fingerprint density at radius 1 is 1.20 bits per heavy atom. The molecule has 0 saturated carbocycles. The summed E-state index contributed by atoms with van der Waals surface area (Å²) in [5.74, 6) is -1.30. The van der Waals surface area contributed by atoms with E-state index in [1.807, 2.05) is 6.92 Å². The molecule has 1 atom stereocenters. The quantitative estimate of drug-likeness (QED) is 0.658. The molecular formula is C15H12BrClF2O. The van der Waals surface area contributed by atoms with Gasteiger partial charge < -0.3 is 4.74 Å². The maximum Gasteiger partial charge on any atom is 0.163 e. The molecule has 106 valence electrons. The second kappa shape index (κ2) is 6.55. The third-order valence-electron chi connectivity index (χ3n) is 2.80. The van der Waals surface area contributed by atoms with E-state index < -0.39 is 17.0 Å². The summed E-state index contributed by atoms with van der Waals surface area (Å²) in [7, 11) is 0. The molecule has 0 aliphatic carbocycles. The SMILES string of the molecule is CCOc1ccc(Br)cc1C(Cl)c1cccc(F)c1F. The van der Waals surface area contributed by atoms with Crippen LogP contribution in [0.25, 0.3) is 0 Å². The minimum Gasteiger partial charge on any atom is -0.494 e. The van der Waals surface area contributed by atoms with Gasteiger partial charge in [0.05, 0.1) is 12.0 Å². The van der Waals surface area contributed by atoms with Crippen LogP contribution in [0.2, 0.25) is 0 Å². The number of hydrogen-bond donors (Lipinski definition) is 0. The van der Waals surface area contributed by atoms with Crippen molar-refractivity contribution in [2.45, 2.75) is 12.3 Å². The van der Waals surface area contributed by atoms with Crippen molar-refractivity contribution in [1.29, 1.82) is 0 Å². The first-order valence-electron chi connectivity index (χ1n) is 6.04. The van der Waals surface area contributed by atoms with Crippen molar-refractivity contribution in [3.8, 4) is 5.75 Å². The van der Waals surface area contributed by atoms with Crippen LogP contribution < -0.4 is 4.74 Å². The lowest BCUT2D eigenvalue weighted by atomic mass is 10.0. The Labute approximate surface area is 129 Å². The molecule has 2 aromatic carbocycles. The average Bonchev–Trinajstić information content (AvgIpc) is 2.43. The first-order chi connectivity index (χ1) is 9.54. The topological polar surface area (TPSA) is 9.23 Å². The van der Waals surface area contributed by atoms with Crippen molar-refractivity contribution in [1.82, 2.24) is 0 Å². The van der Waals surface area contributed by atoms with Crippen LogP contribution in [0.4, 0.5) is 8.78 Å². The van der Waals surface area contributed by atoms with E-state index in [2.05, 4.69) is 15.9 Å². The number of benzene rings is 2. The normalized spacial score (nSPS) is 12.2. The van der Waals surface area contributed by atoms with Crippen molar-refractivity contribution in [2.24, 2.45) is 0 Å². The second-order valence-corrected chi connectivity index (χ2v) is 5.47. The molecule has 20 heavy (non-hydrogen) atoms. The first kappa shape index (κ1) is 15.3. The van der Waals surface area contributed by atoms with E-state index in [1.54, 1.807) is 18.2 Å². The van der Waals surface area contributed by atoms with E-state index in [1.165, 1.54) is 12.1 Å². The fourth-order valence-corrected chi connectivity index (χ4v) is 2.61. The lowest BCUT2D eigenvalue weighted by Gasteiger charge is -2.16. The Morgan fingerprint density at radius 3 is 2.65 bits per heavy atom. The maximum atomic E-state index is 13.8. The van der Waals surface area contributed by atoms with Crippen LogP contribution >= 0.6 is 27.5 Å². The van der Waals surface area contributed by atoms with Crippen LogP contribution in [0, 0.1) is 11.6 Å². The molecule has 1 unspecified atom stereocenters. The van der Waals surface area contributed by atoms with E-state index in [9.17, 15) is 8.78 Å². The number of hydrogen-bond acceptors (Lipinski definition) is 1. The van der Waals surface area contributed by atoms with Gasteiger partial charge in [0.1, 0.15) is 5.75 Å². The molecule has 0 saturated heterocycles. The van der Waals surface area contributed by atoms with E-state index in [0.717, 1.165) is 10.5 Å². The Morgan fingerprint density at radius 2 is 1.95 bits per heavy atom. The smallest absolute Gasteiger partial charge is 0.163 e. The van der Waals surface area contributed by atoms with Gasteiger partial charge in [0.15, 0.2) is 11.6 Å². The number of alkyl halides is 1. The third-order valence-corrected chi connectivity index (χ3v) is 3.76. The van der Waals surface area contributed by atoms with Crippen LogP contribution in [-0.2, 0) is 0 Å². The fraction of sp³-hybridized carbons (Fsp3) is 0.200. The molecule has 0 bridgehead atoms. The first-order valence-corrected chi connectivity index (χ1v) is 7.27. The summed E-state index contributed by atoms with van der Waals surface area (Å²) in [6.45, 7) is 2.31. The molecule has 2 aromatic rings. The lowest BCUT2D eigenvalue weighted by molar-refractivity contribution is 0.336. The Hall–Kier alpha value is -1.13. The highest BCUT2D eigenvalue weighted by Crippen LogP contribution is 2.38. The van der Waals surface area contributed by atoms with Crippen LogP contribution in [0.1, 0.15) is 23.4 Å². The summed E-state index contributed by atoms with van der Waals surface area (Å²) in [5.41, 5.74) is 0.679. The Balaban J connectivity index is 2.49. The highest BCUT2D eigenvalue weighted by molar-refractivity contribution is 9.10. The van der Waals surface area contributed by atoms with Crippen molar-refractivity contribution in [3.63, 3.8) is 0 Å². The van der Waals surface area contributed by atoms with Crippen LogP contribution in [0.3, 0.4) is 0 Å². The predicted molar refractivity (Wildman–Crippen MR) is 79.4 cm³/mol. The van der Waals surface area contributed by atoms with Gasteiger partial charge in [0.25, 0.3) is 0 Å². The molecule has 5 heteroatoms. The molecule has 0 radical (unpaired) electrons. The minimum atomic E-state index is -0.935. The summed E-state index contributed by atoms with van der Waals surface area (Å²) >= 11 is 9.65. The molecule has 0 N–H and O–H groups in total. The highest BCUT2D eigenvalue weighted by Gasteiger charge is 2.21. The summed E-state index contributed by atoms with van der Waals surface area (Å²) < 4.78 is 33.4. The zero-order valence-electron chi connectivity index (χ0n) is 10.7. The molecule has 0 spiro atoms. The highest BCUT2D eigenvalue weighted by atomic mass is 79.9. The molecule has 0 aliphatic rings. The molecular weight excluding hydrogens is 350 g/mol. The minimum absolute atomic E-state index is 0.0886. The lowest BCUT2D eigenvalue weighted by Crippen LogP contribution is -2.03. The molecule has 0 aromatic heterocycles. The largest absolute Gasteiger partial charge is 0.494 e. The molecule has 0 aliphatic heterocycles. The second-order valence-electron chi connectivity index (χ2n) is 4.12. The van der Waals surface area contributed by atoms with Crippen molar-refractivity contribution in [2.75, 3.05) is 6.61 Å². The van der Waals surface area contributed by atoms with Gasteiger partial charge in [0.2, 0.25) is 0 Å². The summed E-state index contributed by atoms with van der Waals surface area (Å²) in [6.07, 6.45) is 0. The molecule has 0 amide bonds.